The van der Waals surface area contributed by atoms with Crippen molar-refractivity contribution < 1.29 is 4.79 Å². The summed E-state index contributed by atoms with van der Waals surface area (Å²) in [4.78, 5) is 25.3. The van der Waals surface area contributed by atoms with Crippen molar-refractivity contribution in [2.45, 2.75) is 20.4 Å². The molecule has 0 saturated carbocycles. The molecule has 1 saturated heterocycles. The molecule has 2 aromatic rings. The Labute approximate surface area is 148 Å². The van der Waals surface area contributed by atoms with Crippen LogP contribution in [0.2, 0.25) is 0 Å². The van der Waals surface area contributed by atoms with E-state index in [4.69, 9.17) is 0 Å². The van der Waals surface area contributed by atoms with Crippen molar-refractivity contribution in [3.63, 3.8) is 0 Å². The van der Waals surface area contributed by atoms with Crippen LogP contribution in [-0.4, -0.2) is 58.4 Å². The summed E-state index contributed by atoms with van der Waals surface area (Å²) in [5.41, 5.74) is 2.86. The molecule has 0 bridgehead atoms. The van der Waals surface area contributed by atoms with Crippen LogP contribution in [0, 0.1) is 6.92 Å². The maximum atomic E-state index is 12.7. The van der Waals surface area contributed by atoms with E-state index in [2.05, 4.69) is 52.2 Å². The van der Waals surface area contributed by atoms with Crippen molar-refractivity contribution in [1.82, 2.24) is 19.8 Å². The Balaban J connectivity index is 1.62. The predicted octanol–water partition coefficient (Wildman–Crippen LogP) is 2.17. The molecule has 2 heterocycles. The first kappa shape index (κ1) is 17.4. The van der Waals surface area contributed by atoms with Crippen molar-refractivity contribution in [3.05, 3.63) is 53.5 Å². The number of carbonyl (C=O) groups excluding carboxylic acids is 1. The van der Waals surface area contributed by atoms with E-state index in [1.165, 1.54) is 17.5 Å². The van der Waals surface area contributed by atoms with Crippen LogP contribution in [0.1, 0.15) is 28.5 Å². The number of benzene rings is 1. The van der Waals surface area contributed by atoms with Gasteiger partial charge in [-0.2, -0.15) is 0 Å². The standard InChI is InChI=1S/C19H25N5O/c1-3-23-7-9-24(10-8-23)19(25)17-12-18(22-14-21-17)20-13-16-6-4-5-15(2)11-16/h4-6,11-12,14H,3,7-10,13H2,1-2H3,(H,20,21,22). The van der Waals surface area contributed by atoms with Crippen molar-refractivity contribution >= 4 is 11.7 Å². The number of carbonyl (C=O) groups is 1. The lowest BCUT2D eigenvalue weighted by atomic mass is 10.1. The smallest absolute Gasteiger partial charge is 0.272 e. The summed E-state index contributed by atoms with van der Waals surface area (Å²) < 4.78 is 0. The number of piperazine rings is 1. The number of amides is 1. The highest BCUT2D eigenvalue weighted by Gasteiger charge is 2.22. The molecule has 1 aliphatic heterocycles. The molecule has 1 aromatic heterocycles. The van der Waals surface area contributed by atoms with Gasteiger partial charge in [-0.3, -0.25) is 4.79 Å². The highest BCUT2D eigenvalue weighted by atomic mass is 16.2. The molecular formula is C19H25N5O. The molecule has 1 fully saturated rings. The predicted molar refractivity (Wildman–Crippen MR) is 98.6 cm³/mol. The number of aromatic nitrogens is 2. The monoisotopic (exact) mass is 339 g/mol. The van der Waals surface area contributed by atoms with Gasteiger partial charge in [0, 0.05) is 38.8 Å². The lowest BCUT2D eigenvalue weighted by molar-refractivity contribution is 0.0637. The minimum Gasteiger partial charge on any atom is -0.366 e. The fourth-order valence-corrected chi connectivity index (χ4v) is 3.01. The first-order valence-electron chi connectivity index (χ1n) is 8.79. The van der Waals surface area contributed by atoms with E-state index in [9.17, 15) is 4.79 Å². The number of rotatable bonds is 5. The summed E-state index contributed by atoms with van der Waals surface area (Å²) in [7, 11) is 0. The zero-order chi connectivity index (χ0) is 17.6. The van der Waals surface area contributed by atoms with E-state index in [1.54, 1.807) is 6.07 Å². The Morgan fingerprint density at radius 1 is 1.16 bits per heavy atom. The summed E-state index contributed by atoms with van der Waals surface area (Å²) in [5, 5.41) is 3.27. The van der Waals surface area contributed by atoms with Crippen LogP contribution in [0.5, 0.6) is 0 Å². The number of nitrogens with zero attached hydrogens (tertiary/aromatic N) is 4. The van der Waals surface area contributed by atoms with Crippen LogP contribution in [0.3, 0.4) is 0 Å². The lowest BCUT2D eigenvalue weighted by Crippen LogP contribution is -2.48. The summed E-state index contributed by atoms with van der Waals surface area (Å²) >= 11 is 0. The molecule has 132 valence electrons. The van der Waals surface area contributed by atoms with Gasteiger partial charge in [-0.05, 0) is 19.0 Å². The van der Waals surface area contributed by atoms with Gasteiger partial charge in [0.05, 0.1) is 0 Å². The van der Waals surface area contributed by atoms with Gasteiger partial charge in [0.15, 0.2) is 0 Å². The Morgan fingerprint density at radius 3 is 2.68 bits per heavy atom. The first-order valence-corrected chi connectivity index (χ1v) is 8.79. The molecule has 0 spiro atoms. The van der Waals surface area contributed by atoms with Gasteiger partial charge >= 0.3 is 0 Å². The second kappa shape index (κ2) is 8.07. The number of likely N-dealkylation sites (N-methyl/N-ethyl adjacent to an activating group) is 1. The van der Waals surface area contributed by atoms with E-state index < -0.39 is 0 Å². The van der Waals surface area contributed by atoms with Crippen LogP contribution in [-0.2, 0) is 6.54 Å². The first-order chi connectivity index (χ1) is 12.2. The maximum Gasteiger partial charge on any atom is 0.272 e. The average Bonchev–Trinajstić information content (AvgIpc) is 2.66. The minimum atomic E-state index is -0.0169. The Kier molecular flexibility index (Phi) is 5.60. The van der Waals surface area contributed by atoms with Gasteiger partial charge in [-0.15, -0.1) is 0 Å². The van der Waals surface area contributed by atoms with Crippen LogP contribution < -0.4 is 5.32 Å². The molecule has 3 rings (SSSR count). The fourth-order valence-electron chi connectivity index (χ4n) is 3.01. The van der Waals surface area contributed by atoms with Gasteiger partial charge < -0.3 is 15.1 Å². The Morgan fingerprint density at radius 2 is 1.96 bits per heavy atom. The van der Waals surface area contributed by atoms with Gasteiger partial charge in [-0.1, -0.05) is 36.8 Å². The zero-order valence-corrected chi connectivity index (χ0v) is 14.9. The quantitative estimate of drug-likeness (QED) is 0.905. The average molecular weight is 339 g/mol. The fraction of sp³-hybridized carbons (Fsp3) is 0.421. The van der Waals surface area contributed by atoms with Gasteiger partial charge in [0.25, 0.3) is 5.91 Å². The van der Waals surface area contributed by atoms with Crippen LogP contribution >= 0.6 is 0 Å². The molecule has 25 heavy (non-hydrogen) atoms. The summed E-state index contributed by atoms with van der Waals surface area (Å²) in [6.07, 6.45) is 1.45. The second-order valence-electron chi connectivity index (χ2n) is 6.36. The molecule has 1 N–H and O–H groups in total. The van der Waals surface area contributed by atoms with E-state index in [0.29, 0.717) is 18.1 Å². The molecular weight excluding hydrogens is 314 g/mol. The normalized spacial score (nSPS) is 15.2. The number of aryl methyl sites for hydroxylation is 1. The highest BCUT2D eigenvalue weighted by Crippen LogP contribution is 2.12. The van der Waals surface area contributed by atoms with E-state index in [-0.39, 0.29) is 5.91 Å². The maximum absolute atomic E-state index is 12.7. The van der Waals surface area contributed by atoms with E-state index in [0.717, 1.165) is 32.7 Å². The largest absolute Gasteiger partial charge is 0.366 e. The summed E-state index contributed by atoms with van der Waals surface area (Å²) in [6, 6.07) is 10.1. The van der Waals surface area contributed by atoms with Crippen molar-refractivity contribution in [3.8, 4) is 0 Å². The van der Waals surface area contributed by atoms with Gasteiger partial charge in [0.1, 0.15) is 17.8 Å². The molecule has 0 atom stereocenters. The topological polar surface area (TPSA) is 61.4 Å². The third kappa shape index (κ3) is 4.54. The van der Waals surface area contributed by atoms with Gasteiger partial charge in [0.2, 0.25) is 0 Å². The third-order valence-corrected chi connectivity index (χ3v) is 4.55. The minimum absolute atomic E-state index is 0.0169. The van der Waals surface area contributed by atoms with Crippen LogP contribution in [0.4, 0.5) is 5.82 Å². The zero-order valence-electron chi connectivity index (χ0n) is 14.9. The van der Waals surface area contributed by atoms with E-state index >= 15 is 0 Å². The summed E-state index contributed by atoms with van der Waals surface area (Å²) in [6.45, 7) is 9.27. The highest BCUT2D eigenvalue weighted by molar-refractivity contribution is 5.93. The van der Waals surface area contributed by atoms with E-state index in [1.807, 2.05) is 11.0 Å². The Bertz CT molecular complexity index is 725. The SMILES string of the molecule is CCN1CCN(C(=O)c2cc(NCc3cccc(C)c3)ncn2)CC1. The molecule has 6 heteroatoms. The van der Waals surface area contributed by atoms with Gasteiger partial charge in [-0.25, -0.2) is 9.97 Å². The molecule has 0 radical (unpaired) electrons. The van der Waals surface area contributed by atoms with Crippen molar-refractivity contribution in [2.75, 3.05) is 38.0 Å². The molecule has 6 nitrogen and oxygen atoms in total. The summed E-state index contributed by atoms with van der Waals surface area (Å²) in [5.74, 6) is 0.656. The Hall–Kier alpha value is -2.47. The van der Waals surface area contributed by atoms with Crippen LogP contribution in [0.25, 0.3) is 0 Å². The molecule has 0 aliphatic carbocycles. The van der Waals surface area contributed by atoms with Crippen LogP contribution in [0.15, 0.2) is 36.7 Å². The molecule has 0 unspecified atom stereocenters. The molecule has 1 aliphatic rings. The van der Waals surface area contributed by atoms with Crippen molar-refractivity contribution in [1.29, 1.82) is 0 Å². The molecule has 1 aromatic carbocycles. The molecule has 1 amide bonds. The number of hydrogen-bond acceptors (Lipinski definition) is 5. The second-order valence-corrected chi connectivity index (χ2v) is 6.36. The number of anilines is 1. The lowest BCUT2D eigenvalue weighted by Gasteiger charge is -2.33. The van der Waals surface area contributed by atoms with Crippen molar-refractivity contribution in [2.24, 2.45) is 0 Å². The number of hydrogen-bond donors (Lipinski definition) is 1. The number of nitrogens with one attached hydrogen (secondary N) is 1. The third-order valence-electron chi connectivity index (χ3n) is 4.55.